The molecule has 2 amide bonds. The number of carbonyl (C=O) groups is 1. The fourth-order valence-corrected chi connectivity index (χ4v) is 3.58. The smallest absolute Gasteiger partial charge is 0.319 e. The van der Waals surface area contributed by atoms with Crippen molar-refractivity contribution < 1.29 is 9.90 Å². The quantitative estimate of drug-likeness (QED) is 0.671. The molecule has 0 aromatic heterocycles. The van der Waals surface area contributed by atoms with Crippen molar-refractivity contribution in [1.29, 1.82) is 0 Å². The molecule has 0 radical (unpaired) electrons. The van der Waals surface area contributed by atoms with E-state index in [1.54, 1.807) is 0 Å². The number of urea groups is 1. The number of para-hydroxylation sites is 1. The van der Waals surface area contributed by atoms with Gasteiger partial charge in [0, 0.05) is 30.9 Å². The Balaban J connectivity index is 1.96. The summed E-state index contributed by atoms with van der Waals surface area (Å²) >= 11 is 0. The Morgan fingerprint density at radius 1 is 1.28 bits per heavy atom. The zero-order valence-electron chi connectivity index (χ0n) is 15.6. The van der Waals surface area contributed by atoms with Crippen LogP contribution in [-0.2, 0) is 6.54 Å². The van der Waals surface area contributed by atoms with Gasteiger partial charge in [0.05, 0.1) is 0 Å². The number of benzene rings is 1. The number of aliphatic hydroxyl groups excluding tert-OH is 1. The Kier molecular flexibility index (Phi) is 8.22. The molecule has 1 aliphatic carbocycles. The van der Waals surface area contributed by atoms with Crippen molar-refractivity contribution >= 4 is 11.7 Å². The second-order valence-electron chi connectivity index (χ2n) is 7.08. The van der Waals surface area contributed by atoms with Crippen LogP contribution in [0.25, 0.3) is 0 Å². The minimum atomic E-state index is -0.201. The van der Waals surface area contributed by atoms with E-state index < -0.39 is 0 Å². The Labute approximate surface area is 151 Å². The van der Waals surface area contributed by atoms with Crippen LogP contribution in [0.1, 0.15) is 57.4 Å². The zero-order valence-corrected chi connectivity index (χ0v) is 15.6. The lowest BCUT2D eigenvalue weighted by Gasteiger charge is -2.31. The van der Waals surface area contributed by atoms with Gasteiger partial charge in [0.1, 0.15) is 0 Å². The Hall–Kier alpha value is -1.59. The average molecular weight is 348 g/mol. The summed E-state index contributed by atoms with van der Waals surface area (Å²) in [6, 6.07) is 8.45. The lowest BCUT2D eigenvalue weighted by molar-refractivity contribution is 0.185. The molecule has 25 heavy (non-hydrogen) atoms. The highest BCUT2D eigenvalue weighted by molar-refractivity contribution is 5.90. The molecule has 1 aromatic rings. The normalized spacial score (nSPS) is 16.6. The fourth-order valence-electron chi connectivity index (χ4n) is 3.58. The van der Waals surface area contributed by atoms with Crippen molar-refractivity contribution in [2.45, 2.75) is 70.5 Å². The lowest BCUT2D eigenvalue weighted by Crippen LogP contribution is -2.38. The monoisotopic (exact) mass is 347 g/mol. The molecule has 1 atom stereocenters. The van der Waals surface area contributed by atoms with Crippen LogP contribution in [0.3, 0.4) is 0 Å². The standard InChI is InChI=1S/C20H33N3O2/c1-3-17(13-14-24)21-20(25)22-19-12-8-7-9-16(19)15-23(2)18-10-5-4-6-11-18/h7-9,12,17-18,24H,3-6,10-11,13-15H2,1-2H3,(H2,21,22,25). The third-order valence-corrected chi connectivity index (χ3v) is 5.19. The first-order chi connectivity index (χ1) is 12.1. The van der Waals surface area contributed by atoms with Gasteiger partial charge in [0.25, 0.3) is 0 Å². The maximum absolute atomic E-state index is 12.3. The molecular formula is C20H33N3O2. The predicted octanol–water partition coefficient (Wildman–Crippen LogP) is 3.73. The van der Waals surface area contributed by atoms with Crippen molar-refractivity contribution in [3.05, 3.63) is 29.8 Å². The Morgan fingerprint density at radius 3 is 2.68 bits per heavy atom. The molecule has 1 unspecified atom stereocenters. The van der Waals surface area contributed by atoms with E-state index >= 15 is 0 Å². The van der Waals surface area contributed by atoms with Gasteiger partial charge in [0.2, 0.25) is 0 Å². The summed E-state index contributed by atoms with van der Waals surface area (Å²) in [4.78, 5) is 14.7. The molecule has 1 aromatic carbocycles. The third kappa shape index (κ3) is 6.33. The first-order valence-electron chi connectivity index (χ1n) is 9.60. The second-order valence-corrected chi connectivity index (χ2v) is 7.08. The lowest BCUT2D eigenvalue weighted by atomic mass is 9.94. The van der Waals surface area contributed by atoms with Crippen molar-refractivity contribution in [3.8, 4) is 0 Å². The molecule has 1 aliphatic rings. The number of carbonyl (C=O) groups excluding carboxylic acids is 1. The first kappa shape index (κ1) is 19.7. The summed E-state index contributed by atoms with van der Waals surface area (Å²) in [5, 5.41) is 15.0. The molecular weight excluding hydrogens is 314 g/mol. The van der Waals surface area contributed by atoms with Crippen LogP contribution < -0.4 is 10.6 Å². The van der Waals surface area contributed by atoms with Crippen molar-refractivity contribution in [1.82, 2.24) is 10.2 Å². The molecule has 1 fully saturated rings. The SMILES string of the molecule is CCC(CCO)NC(=O)Nc1ccccc1CN(C)C1CCCCC1. The molecule has 0 heterocycles. The number of hydrogen-bond acceptors (Lipinski definition) is 3. The summed E-state index contributed by atoms with van der Waals surface area (Å²) in [6.07, 6.45) is 7.92. The topological polar surface area (TPSA) is 64.6 Å². The second kappa shape index (κ2) is 10.4. The Bertz CT molecular complexity index is 529. The number of rotatable bonds is 8. The largest absolute Gasteiger partial charge is 0.396 e. The summed E-state index contributed by atoms with van der Waals surface area (Å²) in [7, 11) is 2.18. The summed E-state index contributed by atoms with van der Waals surface area (Å²) in [5.41, 5.74) is 2.00. The van der Waals surface area contributed by atoms with Crippen LogP contribution in [-0.4, -0.2) is 41.8 Å². The van der Waals surface area contributed by atoms with Gasteiger partial charge in [0.15, 0.2) is 0 Å². The van der Waals surface area contributed by atoms with Gasteiger partial charge in [-0.1, -0.05) is 44.4 Å². The molecule has 2 rings (SSSR count). The minimum Gasteiger partial charge on any atom is -0.396 e. The van der Waals surface area contributed by atoms with E-state index in [2.05, 4.69) is 28.6 Å². The molecule has 0 spiro atoms. The van der Waals surface area contributed by atoms with E-state index in [0.29, 0.717) is 12.5 Å². The molecule has 0 saturated heterocycles. The van der Waals surface area contributed by atoms with Crippen LogP contribution in [0.2, 0.25) is 0 Å². The van der Waals surface area contributed by atoms with Crippen LogP contribution in [0.4, 0.5) is 10.5 Å². The van der Waals surface area contributed by atoms with Gasteiger partial charge >= 0.3 is 6.03 Å². The molecule has 3 N–H and O–H groups in total. The Morgan fingerprint density at radius 2 is 2.00 bits per heavy atom. The van der Waals surface area contributed by atoms with Crippen molar-refractivity contribution in [2.24, 2.45) is 0 Å². The van der Waals surface area contributed by atoms with E-state index in [0.717, 1.165) is 24.2 Å². The molecule has 0 bridgehead atoms. The van der Waals surface area contributed by atoms with Gasteiger partial charge in [-0.3, -0.25) is 4.90 Å². The van der Waals surface area contributed by atoms with Gasteiger partial charge in [-0.05, 0) is 44.4 Å². The highest BCUT2D eigenvalue weighted by Crippen LogP contribution is 2.24. The third-order valence-electron chi connectivity index (χ3n) is 5.19. The number of anilines is 1. The molecule has 5 nitrogen and oxygen atoms in total. The van der Waals surface area contributed by atoms with Gasteiger partial charge < -0.3 is 15.7 Å². The maximum Gasteiger partial charge on any atom is 0.319 e. The molecule has 1 saturated carbocycles. The van der Waals surface area contributed by atoms with Crippen molar-refractivity contribution in [3.63, 3.8) is 0 Å². The molecule has 5 heteroatoms. The molecule has 140 valence electrons. The zero-order chi connectivity index (χ0) is 18.1. The van der Waals surface area contributed by atoms with E-state index in [4.69, 9.17) is 5.11 Å². The van der Waals surface area contributed by atoms with Gasteiger partial charge in [-0.2, -0.15) is 0 Å². The fraction of sp³-hybridized carbons (Fsp3) is 0.650. The number of aliphatic hydroxyl groups is 1. The van der Waals surface area contributed by atoms with Gasteiger partial charge in [-0.15, -0.1) is 0 Å². The van der Waals surface area contributed by atoms with E-state index in [1.807, 2.05) is 25.1 Å². The first-order valence-corrected chi connectivity index (χ1v) is 9.60. The number of nitrogens with zero attached hydrogens (tertiary/aromatic N) is 1. The van der Waals surface area contributed by atoms with Gasteiger partial charge in [-0.25, -0.2) is 4.79 Å². The highest BCUT2D eigenvalue weighted by atomic mass is 16.3. The maximum atomic E-state index is 12.3. The summed E-state index contributed by atoms with van der Waals surface area (Å²) in [5.74, 6) is 0. The number of amides is 2. The average Bonchev–Trinajstić information content (AvgIpc) is 2.63. The van der Waals surface area contributed by atoms with Crippen molar-refractivity contribution in [2.75, 3.05) is 19.0 Å². The number of hydrogen-bond donors (Lipinski definition) is 3. The summed E-state index contributed by atoms with van der Waals surface area (Å²) in [6.45, 7) is 2.93. The van der Waals surface area contributed by atoms with Crippen LogP contribution in [0.5, 0.6) is 0 Å². The predicted molar refractivity (Wildman–Crippen MR) is 103 cm³/mol. The summed E-state index contributed by atoms with van der Waals surface area (Å²) < 4.78 is 0. The van der Waals surface area contributed by atoms with E-state index in [9.17, 15) is 4.79 Å². The van der Waals surface area contributed by atoms with Crippen LogP contribution in [0.15, 0.2) is 24.3 Å². The van der Waals surface area contributed by atoms with Crippen LogP contribution >= 0.6 is 0 Å². The highest BCUT2D eigenvalue weighted by Gasteiger charge is 2.19. The number of nitrogens with one attached hydrogen (secondary N) is 2. The van der Waals surface area contributed by atoms with E-state index in [1.165, 1.54) is 32.1 Å². The minimum absolute atomic E-state index is 0.00192. The van der Waals surface area contributed by atoms with Crippen LogP contribution in [0, 0.1) is 0 Å². The van der Waals surface area contributed by atoms with E-state index in [-0.39, 0.29) is 18.7 Å². The molecule has 0 aliphatic heterocycles.